The molecule has 1 aromatic carbocycles. The molecule has 106 valence electrons. The minimum absolute atomic E-state index is 0.253. The lowest BCUT2D eigenvalue weighted by Crippen LogP contribution is -2.28. The summed E-state index contributed by atoms with van der Waals surface area (Å²) in [5, 5.41) is 13.0. The highest BCUT2D eigenvalue weighted by molar-refractivity contribution is 5.82. The summed E-state index contributed by atoms with van der Waals surface area (Å²) in [6.45, 7) is 1.14. The fraction of sp³-hybridized carbons (Fsp3) is 0.300. The average molecular weight is 283 g/mol. The van der Waals surface area contributed by atoms with Gasteiger partial charge in [-0.25, -0.2) is 22.0 Å². The van der Waals surface area contributed by atoms with Crippen LogP contribution in [0.2, 0.25) is 0 Å². The second-order valence-electron chi connectivity index (χ2n) is 3.75. The van der Waals surface area contributed by atoms with Crippen molar-refractivity contribution in [2.45, 2.75) is 6.92 Å². The molecule has 0 spiro atoms. The summed E-state index contributed by atoms with van der Waals surface area (Å²) < 4.78 is 65.0. The van der Waals surface area contributed by atoms with Gasteiger partial charge in [0.05, 0.1) is 0 Å². The molecular formula is C10H10F5N3O. The van der Waals surface area contributed by atoms with Crippen LogP contribution in [-0.2, 0) is 0 Å². The molecule has 0 aliphatic carbocycles. The molecule has 0 aromatic heterocycles. The van der Waals surface area contributed by atoms with Gasteiger partial charge >= 0.3 is 0 Å². The minimum atomic E-state index is -2.23. The van der Waals surface area contributed by atoms with E-state index in [1.54, 1.807) is 0 Å². The summed E-state index contributed by atoms with van der Waals surface area (Å²) in [5.74, 6) is -11.2. The SMILES string of the molecule is CC(CNc1c(F)c(F)c(F)c(F)c1F)C(N)=NO. The van der Waals surface area contributed by atoms with E-state index in [1.807, 2.05) is 5.32 Å². The summed E-state index contributed by atoms with van der Waals surface area (Å²) in [5.41, 5.74) is 4.05. The zero-order valence-electron chi connectivity index (χ0n) is 9.65. The molecule has 0 amide bonds. The van der Waals surface area contributed by atoms with Crippen LogP contribution in [0.15, 0.2) is 5.16 Å². The molecule has 4 N–H and O–H groups in total. The first-order chi connectivity index (χ1) is 8.81. The molecule has 0 fully saturated rings. The van der Waals surface area contributed by atoms with Crippen LogP contribution in [0, 0.1) is 35.0 Å². The van der Waals surface area contributed by atoms with E-state index in [0.717, 1.165) is 0 Å². The zero-order chi connectivity index (χ0) is 14.7. The monoisotopic (exact) mass is 283 g/mol. The molecule has 1 atom stereocenters. The van der Waals surface area contributed by atoms with Crippen molar-refractivity contribution in [3.8, 4) is 0 Å². The summed E-state index contributed by atoms with van der Waals surface area (Å²) in [6.07, 6.45) is 0. The number of nitrogens with two attached hydrogens (primary N) is 1. The maximum absolute atomic E-state index is 13.2. The van der Waals surface area contributed by atoms with Crippen LogP contribution >= 0.6 is 0 Å². The largest absolute Gasteiger partial charge is 0.409 e. The molecule has 19 heavy (non-hydrogen) atoms. The van der Waals surface area contributed by atoms with Crippen molar-refractivity contribution in [1.82, 2.24) is 0 Å². The maximum atomic E-state index is 13.2. The van der Waals surface area contributed by atoms with Crippen LogP contribution in [0.5, 0.6) is 0 Å². The average Bonchev–Trinajstić information content (AvgIpc) is 2.41. The quantitative estimate of drug-likeness (QED) is 0.151. The highest BCUT2D eigenvalue weighted by Crippen LogP contribution is 2.27. The minimum Gasteiger partial charge on any atom is -0.409 e. The maximum Gasteiger partial charge on any atom is 0.200 e. The number of rotatable bonds is 4. The first kappa shape index (κ1) is 15.0. The van der Waals surface area contributed by atoms with E-state index in [2.05, 4.69) is 5.16 Å². The number of hydrogen-bond acceptors (Lipinski definition) is 3. The van der Waals surface area contributed by atoms with Crippen LogP contribution in [-0.4, -0.2) is 17.6 Å². The van der Waals surface area contributed by atoms with Crippen LogP contribution in [0.4, 0.5) is 27.6 Å². The lowest BCUT2D eigenvalue weighted by Gasteiger charge is -2.14. The Morgan fingerprint density at radius 1 is 1.11 bits per heavy atom. The second-order valence-corrected chi connectivity index (χ2v) is 3.75. The second kappa shape index (κ2) is 5.72. The Morgan fingerprint density at radius 3 is 1.95 bits per heavy atom. The molecule has 0 heterocycles. The van der Waals surface area contributed by atoms with Gasteiger partial charge in [-0.2, -0.15) is 0 Å². The Balaban J connectivity index is 3.03. The molecule has 0 aliphatic rings. The van der Waals surface area contributed by atoms with Crippen molar-refractivity contribution in [2.75, 3.05) is 11.9 Å². The van der Waals surface area contributed by atoms with E-state index in [4.69, 9.17) is 10.9 Å². The Hall–Kier alpha value is -2.06. The Kier molecular flexibility index (Phi) is 4.52. The van der Waals surface area contributed by atoms with Crippen LogP contribution in [0.1, 0.15) is 6.92 Å². The van der Waals surface area contributed by atoms with Gasteiger partial charge in [-0.3, -0.25) is 0 Å². The molecule has 0 radical (unpaired) electrons. The number of hydrogen-bond donors (Lipinski definition) is 3. The third-order valence-electron chi connectivity index (χ3n) is 2.42. The van der Waals surface area contributed by atoms with Gasteiger partial charge in [0.15, 0.2) is 23.3 Å². The van der Waals surface area contributed by atoms with E-state index >= 15 is 0 Å². The fourth-order valence-electron chi connectivity index (χ4n) is 1.22. The molecule has 1 aromatic rings. The van der Waals surface area contributed by atoms with Crippen LogP contribution < -0.4 is 11.1 Å². The molecule has 9 heteroatoms. The van der Waals surface area contributed by atoms with Crippen molar-refractivity contribution >= 4 is 11.5 Å². The fourth-order valence-corrected chi connectivity index (χ4v) is 1.22. The molecule has 0 aliphatic heterocycles. The van der Waals surface area contributed by atoms with Gasteiger partial charge in [0.1, 0.15) is 11.5 Å². The smallest absolute Gasteiger partial charge is 0.200 e. The lowest BCUT2D eigenvalue weighted by atomic mass is 10.1. The van der Waals surface area contributed by atoms with Crippen molar-refractivity contribution in [3.05, 3.63) is 29.1 Å². The van der Waals surface area contributed by atoms with Crippen molar-refractivity contribution < 1.29 is 27.2 Å². The standard InChI is InChI=1S/C10H10F5N3O/c1-3(10(16)18-19)2-17-9-7(14)5(12)4(11)6(13)8(9)15/h3,17,19H,2H2,1H3,(H2,16,18). The predicted molar refractivity (Wildman–Crippen MR) is 57.3 cm³/mol. The first-order valence-corrected chi connectivity index (χ1v) is 5.04. The summed E-state index contributed by atoms with van der Waals surface area (Å²) >= 11 is 0. The molecular weight excluding hydrogens is 273 g/mol. The van der Waals surface area contributed by atoms with Crippen molar-refractivity contribution in [2.24, 2.45) is 16.8 Å². The molecule has 0 bridgehead atoms. The number of anilines is 1. The van der Waals surface area contributed by atoms with Gasteiger partial charge in [0, 0.05) is 12.5 Å². The van der Waals surface area contributed by atoms with Gasteiger partial charge in [0.25, 0.3) is 0 Å². The van der Waals surface area contributed by atoms with Gasteiger partial charge in [-0.05, 0) is 0 Å². The number of benzene rings is 1. The van der Waals surface area contributed by atoms with Gasteiger partial charge < -0.3 is 16.3 Å². The number of amidine groups is 1. The van der Waals surface area contributed by atoms with E-state index in [-0.39, 0.29) is 12.4 Å². The third kappa shape index (κ3) is 2.85. The normalized spacial score (nSPS) is 13.5. The summed E-state index contributed by atoms with van der Waals surface area (Å²) in [7, 11) is 0. The van der Waals surface area contributed by atoms with Gasteiger partial charge in [0.2, 0.25) is 5.82 Å². The summed E-state index contributed by atoms with van der Waals surface area (Å²) in [6, 6.07) is 0. The van der Waals surface area contributed by atoms with E-state index < -0.39 is 40.7 Å². The number of nitrogens with zero attached hydrogens (tertiary/aromatic N) is 1. The van der Waals surface area contributed by atoms with Crippen molar-refractivity contribution in [1.29, 1.82) is 0 Å². The van der Waals surface area contributed by atoms with Gasteiger partial charge in [-0.15, -0.1) is 0 Å². The Morgan fingerprint density at radius 2 is 1.53 bits per heavy atom. The number of oxime groups is 1. The Labute approximate surface area is 104 Å². The Bertz CT molecular complexity index is 491. The van der Waals surface area contributed by atoms with E-state index in [1.165, 1.54) is 6.92 Å². The van der Waals surface area contributed by atoms with Crippen LogP contribution in [0.25, 0.3) is 0 Å². The van der Waals surface area contributed by atoms with Crippen LogP contribution in [0.3, 0.4) is 0 Å². The molecule has 1 rings (SSSR count). The highest BCUT2D eigenvalue weighted by Gasteiger charge is 2.25. The molecule has 0 saturated heterocycles. The first-order valence-electron chi connectivity index (χ1n) is 5.04. The highest BCUT2D eigenvalue weighted by atomic mass is 19.2. The van der Waals surface area contributed by atoms with E-state index in [0.29, 0.717) is 0 Å². The zero-order valence-corrected chi connectivity index (χ0v) is 9.65. The summed E-state index contributed by atoms with van der Waals surface area (Å²) in [4.78, 5) is 0. The predicted octanol–water partition coefficient (Wildman–Crippen LogP) is 2.18. The number of nitrogens with one attached hydrogen (secondary N) is 1. The lowest BCUT2D eigenvalue weighted by molar-refractivity contribution is 0.314. The van der Waals surface area contributed by atoms with Crippen molar-refractivity contribution in [3.63, 3.8) is 0 Å². The third-order valence-corrected chi connectivity index (χ3v) is 2.42. The van der Waals surface area contributed by atoms with E-state index in [9.17, 15) is 22.0 Å². The molecule has 0 saturated carbocycles. The molecule has 1 unspecified atom stereocenters. The topological polar surface area (TPSA) is 70.6 Å². The van der Waals surface area contributed by atoms with Gasteiger partial charge in [-0.1, -0.05) is 12.1 Å². The molecule has 4 nitrogen and oxygen atoms in total. The number of halogens is 5.